The maximum Gasteiger partial charge on any atom is 0.134 e. The predicted molar refractivity (Wildman–Crippen MR) is 48.6 cm³/mol. The molecule has 3 heteroatoms. The summed E-state index contributed by atoms with van der Waals surface area (Å²) in [5.41, 5.74) is 0.279. The molecule has 0 unspecified atom stereocenters. The fraction of sp³-hybridized carbons (Fsp3) is 0. The molecule has 0 aliphatic heterocycles. The normalized spacial score (nSPS) is 10.1. The van der Waals surface area contributed by atoms with Crippen LogP contribution in [0, 0.1) is 23.0 Å². The molecule has 0 aromatic heterocycles. The molecule has 0 N–H and O–H groups in total. The Bertz CT molecular complexity index is 532. The van der Waals surface area contributed by atoms with Gasteiger partial charge in [0.15, 0.2) is 0 Å². The minimum absolute atomic E-state index is 0.119. The molecule has 68 valence electrons. The van der Waals surface area contributed by atoms with Crippen molar-refractivity contribution in [3.8, 4) is 6.07 Å². The first-order valence-electron chi connectivity index (χ1n) is 4.01. The second-order valence-electron chi connectivity index (χ2n) is 2.87. The van der Waals surface area contributed by atoms with Gasteiger partial charge in [0.2, 0.25) is 0 Å². The Kier molecular flexibility index (Phi) is 1.90. The van der Waals surface area contributed by atoms with Gasteiger partial charge in [-0.3, -0.25) is 0 Å². The fourth-order valence-electron chi connectivity index (χ4n) is 1.42. The summed E-state index contributed by atoms with van der Waals surface area (Å²) in [7, 11) is 0. The van der Waals surface area contributed by atoms with Crippen LogP contribution in [0.4, 0.5) is 8.78 Å². The molecule has 0 fully saturated rings. The van der Waals surface area contributed by atoms with Crippen LogP contribution in [0.1, 0.15) is 5.56 Å². The van der Waals surface area contributed by atoms with Crippen LogP contribution in [0.25, 0.3) is 10.8 Å². The average Bonchev–Trinajstić information content (AvgIpc) is 2.18. The van der Waals surface area contributed by atoms with Crippen LogP contribution in [0.3, 0.4) is 0 Å². The maximum atomic E-state index is 13.2. The number of nitriles is 1. The number of nitrogens with zero attached hydrogens (tertiary/aromatic N) is 1. The van der Waals surface area contributed by atoms with Crippen LogP contribution in [-0.2, 0) is 0 Å². The Morgan fingerprint density at radius 3 is 2.43 bits per heavy atom. The van der Waals surface area contributed by atoms with Gasteiger partial charge in [0, 0.05) is 5.39 Å². The fourth-order valence-corrected chi connectivity index (χ4v) is 1.42. The first kappa shape index (κ1) is 8.64. The molecular weight excluding hydrogens is 184 g/mol. The molecule has 2 aromatic carbocycles. The molecule has 0 radical (unpaired) electrons. The number of rotatable bonds is 0. The van der Waals surface area contributed by atoms with Crippen molar-refractivity contribution in [1.29, 1.82) is 5.26 Å². The van der Waals surface area contributed by atoms with Gasteiger partial charge in [0.05, 0.1) is 17.0 Å². The molecule has 0 atom stereocenters. The third-order valence-corrected chi connectivity index (χ3v) is 2.06. The summed E-state index contributed by atoms with van der Waals surface area (Å²) in [4.78, 5) is 0. The van der Waals surface area contributed by atoms with Crippen LogP contribution in [0.5, 0.6) is 0 Å². The number of benzene rings is 2. The van der Waals surface area contributed by atoms with Crippen molar-refractivity contribution >= 4 is 10.8 Å². The van der Waals surface area contributed by atoms with E-state index in [1.807, 2.05) is 6.07 Å². The van der Waals surface area contributed by atoms with Crippen LogP contribution < -0.4 is 0 Å². The number of fused-ring (bicyclic) bond motifs is 1. The molecule has 0 spiro atoms. The lowest BCUT2D eigenvalue weighted by atomic mass is 10.0. The summed E-state index contributed by atoms with van der Waals surface area (Å²) < 4.78 is 26.4. The second kappa shape index (κ2) is 3.08. The number of hydrogen-bond acceptors (Lipinski definition) is 1. The van der Waals surface area contributed by atoms with E-state index in [4.69, 9.17) is 5.26 Å². The van der Waals surface area contributed by atoms with Gasteiger partial charge in [0.1, 0.15) is 11.6 Å². The third kappa shape index (κ3) is 1.12. The van der Waals surface area contributed by atoms with E-state index < -0.39 is 11.6 Å². The Labute approximate surface area is 79.2 Å². The maximum absolute atomic E-state index is 13.2. The first-order valence-corrected chi connectivity index (χ1v) is 4.01. The first-order chi connectivity index (χ1) is 6.74. The van der Waals surface area contributed by atoms with Gasteiger partial charge in [-0.15, -0.1) is 0 Å². The van der Waals surface area contributed by atoms with Crippen LogP contribution in [0.2, 0.25) is 0 Å². The smallest absolute Gasteiger partial charge is 0.134 e. The van der Waals surface area contributed by atoms with Gasteiger partial charge in [-0.25, -0.2) is 8.78 Å². The van der Waals surface area contributed by atoms with Gasteiger partial charge < -0.3 is 0 Å². The molecule has 2 aromatic rings. The average molecular weight is 189 g/mol. The van der Waals surface area contributed by atoms with Crippen molar-refractivity contribution < 1.29 is 8.78 Å². The Morgan fingerprint density at radius 1 is 1.00 bits per heavy atom. The minimum Gasteiger partial charge on any atom is -0.206 e. The van der Waals surface area contributed by atoms with Gasteiger partial charge in [-0.1, -0.05) is 12.1 Å². The minimum atomic E-state index is -0.642. The van der Waals surface area contributed by atoms with Crippen LogP contribution in [-0.4, -0.2) is 0 Å². The van der Waals surface area contributed by atoms with E-state index in [1.54, 1.807) is 0 Å². The molecule has 0 amide bonds. The molecule has 0 aliphatic rings. The lowest BCUT2D eigenvalue weighted by Gasteiger charge is -2.01. The van der Waals surface area contributed by atoms with Crippen molar-refractivity contribution in [2.75, 3.05) is 0 Å². The topological polar surface area (TPSA) is 23.8 Å². The summed E-state index contributed by atoms with van der Waals surface area (Å²) in [5.74, 6) is -1.28. The highest BCUT2D eigenvalue weighted by atomic mass is 19.1. The van der Waals surface area contributed by atoms with Crippen LogP contribution in [0.15, 0.2) is 30.3 Å². The van der Waals surface area contributed by atoms with E-state index in [0.717, 1.165) is 6.07 Å². The van der Waals surface area contributed by atoms with E-state index in [-0.39, 0.29) is 10.9 Å². The highest BCUT2D eigenvalue weighted by molar-refractivity contribution is 5.88. The Morgan fingerprint density at radius 2 is 1.71 bits per heavy atom. The summed E-state index contributed by atoms with van der Waals surface area (Å²) in [6.07, 6.45) is 0. The van der Waals surface area contributed by atoms with Gasteiger partial charge in [0.25, 0.3) is 0 Å². The zero-order valence-electron chi connectivity index (χ0n) is 7.09. The van der Waals surface area contributed by atoms with Crippen molar-refractivity contribution in [3.05, 3.63) is 47.5 Å². The summed E-state index contributed by atoms with van der Waals surface area (Å²) in [6.45, 7) is 0. The SMILES string of the molecule is N#Cc1ccc(F)c2c(F)cccc12. The molecule has 1 nitrogen and oxygen atoms in total. The zero-order valence-corrected chi connectivity index (χ0v) is 7.09. The van der Waals surface area contributed by atoms with Crippen molar-refractivity contribution in [2.24, 2.45) is 0 Å². The molecule has 0 saturated heterocycles. The Balaban J connectivity index is 3.00. The number of hydrogen-bond donors (Lipinski definition) is 0. The second-order valence-corrected chi connectivity index (χ2v) is 2.87. The molecule has 14 heavy (non-hydrogen) atoms. The standard InChI is InChI=1S/C11H5F2N/c12-9-3-1-2-8-7(6-14)4-5-10(13)11(8)9/h1-5H. The highest BCUT2D eigenvalue weighted by Crippen LogP contribution is 2.23. The van der Waals surface area contributed by atoms with Crippen molar-refractivity contribution in [3.63, 3.8) is 0 Å². The monoisotopic (exact) mass is 189 g/mol. The van der Waals surface area contributed by atoms with E-state index in [2.05, 4.69) is 0 Å². The summed E-state index contributed by atoms with van der Waals surface area (Å²) in [6, 6.07) is 8.49. The summed E-state index contributed by atoms with van der Waals surface area (Å²) in [5, 5.41) is 8.92. The predicted octanol–water partition coefficient (Wildman–Crippen LogP) is 2.99. The molecule has 0 saturated carbocycles. The lowest BCUT2D eigenvalue weighted by molar-refractivity contribution is 0.608. The quantitative estimate of drug-likeness (QED) is 0.625. The summed E-state index contributed by atoms with van der Waals surface area (Å²) >= 11 is 0. The van der Waals surface area contributed by atoms with Crippen molar-refractivity contribution in [1.82, 2.24) is 0 Å². The van der Waals surface area contributed by atoms with Crippen LogP contribution >= 0.6 is 0 Å². The van der Waals surface area contributed by atoms with Gasteiger partial charge in [-0.2, -0.15) is 5.26 Å². The van der Waals surface area contributed by atoms with E-state index >= 15 is 0 Å². The van der Waals surface area contributed by atoms with E-state index in [0.29, 0.717) is 5.39 Å². The molecule has 0 aliphatic carbocycles. The zero-order chi connectivity index (χ0) is 10.1. The molecule has 0 heterocycles. The third-order valence-electron chi connectivity index (χ3n) is 2.06. The largest absolute Gasteiger partial charge is 0.206 e. The molecule has 2 rings (SSSR count). The van der Waals surface area contributed by atoms with Gasteiger partial charge >= 0.3 is 0 Å². The Hall–Kier alpha value is -1.95. The van der Waals surface area contributed by atoms with E-state index in [9.17, 15) is 8.78 Å². The van der Waals surface area contributed by atoms with Gasteiger partial charge in [-0.05, 0) is 18.2 Å². The number of halogens is 2. The highest BCUT2D eigenvalue weighted by Gasteiger charge is 2.08. The van der Waals surface area contributed by atoms with Crippen molar-refractivity contribution in [2.45, 2.75) is 0 Å². The van der Waals surface area contributed by atoms with E-state index in [1.165, 1.54) is 24.3 Å². The lowest BCUT2D eigenvalue weighted by Crippen LogP contribution is -1.87. The molecule has 0 bridgehead atoms. The molecular formula is C11H5F2N.